The van der Waals surface area contributed by atoms with E-state index in [9.17, 15) is 9.59 Å². The summed E-state index contributed by atoms with van der Waals surface area (Å²) in [6.45, 7) is 4.29. The Labute approximate surface area is 113 Å². The second kappa shape index (κ2) is 6.13. The van der Waals surface area contributed by atoms with Crippen LogP contribution in [0.4, 0.5) is 0 Å². The maximum Gasteiger partial charge on any atom is 0.233 e. The molecule has 0 aliphatic carbocycles. The maximum atomic E-state index is 12.3. The molecular formula is C12H21N3O2S. The highest BCUT2D eigenvalue weighted by Gasteiger charge is 2.39. The predicted octanol–water partition coefficient (Wildman–Crippen LogP) is 0.474. The average molecular weight is 271 g/mol. The van der Waals surface area contributed by atoms with Gasteiger partial charge in [0.2, 0.25) is 11.8 Å². The van der Waals surface area contributed by atoms with Crippen molar-refractivity contribution in [2.24, 2.45) is 11.1 Å². The summed E-state index contributed by atoms with van der Waals surface area (Å²) in [5.41, 5.74) is 4.95. The molecule has 1 unspecified atom stereocenters. The molecule has 0 aromatic heterocycles. The lowest BCUT2D eigenvalue weighted by Gasteiger charge is -2.32. The number of carbonyl (C=O) groups excluding carboxylic acids is 2. The highest BCUT2D eigenvalue weighted by atomic mass is 32.1. The lowest BCUT2D eigenvalue weighted by atomic mass is 9.81. The number of nitrogens with two attached hydrogens (primary N) is 1. The fourth-order valence-corrected chi connectivity index (χ4v) is 2.59. The van der Waals surface area contributed by atoms with E-state index < -0.39 is 5.41 Å². The van der Waals surface area contributed by atoms with Gasteiger partial charge in [0.15, 0.2) is 0 Å². The van der Waals surface area contributed by atoms with Crippen LogP contribution in [0.5, 0.6) is 0 Å². The minimum absolute atomic E-state index is 0.0259. The Balaban J connectivity index is 2.68. The first-order chi connectivity index (χ1) is 8.46. The molecule has 102 valence electrons. The van der Waals surface area contributed by atoms with Crippen molar-refractivity contribution in [2.75, 3.05) is 6.54 Å². The van der Waals surface area contributed by atoms with Gasteiger partial charge in [0.05, 0.1) is 10.4 Å². The van der Waals surface area contributed by atoms with Gasteiger partial charge in [-0.25, -0.2) is 0 Å². The van der Waals surface area contributed by atoms with Gasteiger partial charge in [0.25, 0.3) is 0 Å². The van der Waals surface area contributed by atoms with Crippen molar-refractivity contribution in [3.05, 3.63) is 0 Å². The second-order valence-corrected chi connectivity index (χ2v) is 5.11. The lowest BCUT2D eigenvalue weighted by Crippen LogP contribution is -2.55. The van der Waals surface area contributed by atoms with E-state index in [1.807, 2.05) is 13.8 Å². The quantitative estimate of drug-likeness (QED) is 0.635. The van der Waals surface area contributed by atoms with Crippen LogP contribution in [0.1, 0.15) is 39.5 Å². The SMILES string of the molecule is CCC(CC)(C(=O)NC1CCC(=O)NC1)C(N)=S. The summed E-state index contributed by atoms with van der Waals surface area (Å²) in [7, 11) is 0. The van der Waals surface area contributed by atoms with E-state index >= 15 is 0 Å². The molecule has 6 heteroatoms. The first-order valence-electron chi connectivity index (χ1n) is 6.33. The van der Waals surface area contributed by atoms with Gasteiger partial charge in [-0.05, 0) is 19.3 Å². The van der Waals surface area contributed by atoms with E-state index in [-0.39, 0.29) is 22.8 Å². The zero-order valence-corrected chi connectivity index (χ0v) is 11.7. The molecule has 1 aliphatic heterocycles. The Hall–Kier alpha value is -1.17. The number of hydrogen-bond donors (Lipinski definition) is 3. The highest BCUT2D eigenvalue weighted by Crippen LogP contribution is 2.27. The van der Waals surface area contributed by atoms with Crippen molar-refractivity contribution >= 4 is 29.0 Å². The van der Waals surface area contributed by atoms with Gasteiger partial charge in [0, 0.05) is 19.0 Å². The summed E-state index contributed by atoms with van der Waals surface area (Å²) in [6.07, 6.45) is 2.29. The van der Waals surface area contributed by atoms with E-state index in [2.05, 4.69) is 10.6 Å². The standard InChI is InChI=1S/C12H21N3O2S/c1-3-12(4-2,10(13)18)11(17)15-8-5-6-9(16)14-7-8/h8H,3-7H2,1-2H3,(H2,13,18)(H,14,16)(H,15,17). The van der Waals surface area contributed by atoms with Crippen LogP contribution in [0.15, 0.2) is 0 Å². The maximum absolute atomic E-state index is 12.3. The van der Waals surface area contributed by atoms with Gasteiger partial charge < -0.3 is 16.4 Å². The first-order valence-corrected chi connectivity index (χ1v) is 6.74. The lowest BCUT2D eigenvalue weighted by molar-refractivity contribution is -0.130. The molecule has 2 amide bonds. The first kappa shape index (κ1) is 14.9. The largest absolute Gasteiger partial charge is 0.392 e. The number of piperidine rings is 1. The number of amides is 2. The van der Waals surface area contributed by atoms with Gasteiger partial charge in [0.1, 0.15) is 0 Å². The normalized spacial score (nSPS) is 20.1. The van der Waals surface area contributed by atoms with E-state index in [1.165, 1.54) is 0 Å². The Morgan fingerprint density at radius 2 is 2.17 bits per heavy atom. The van der Waals surface area contributed by atoms with Crippen LogP contribution >= 0.6 is 12.2 Å². The molecule has 0 spiro atoms. The minimum Gasteiger partial charge on any atom is -0.392 e. The molecule has 18 heavy (non-hydrogen) atoms. The number of carbonyl (C=O) groups is 2. The van der Waals surface area contributed by atoms with Crippen LogP contribution in [0.2, 0.25) is 0 Å². The summed E-state index contributed by atoms with van der Waals surface area (Å²) in [5.74, 6) is -0.0896. The fourth-order valence-electron chi connectivity index (χ4n) is 2.21. The van der Waals surface area contributed by atoms with Gasteiger partial charge >= 0.3 is 0 Å². The molecule has 1 aliphatic rings. The van der Waals surface area contributed by atoms with E-state index in [1.54, 1.807) is 0 Å². The molecular weight excluding hydrogens is 250 g/mol. The molecule has 5 nitrogen and oxygen atoms in total. The molecule has 1 rings (SSSR count). The molecule has 1 atom stereocenters. The second-order valence-electron chi connectivity index (χ2n) is 4.67. The Morgan fingerprint density at radius 3 is 2.56 bits per heavy atom. The number of rotatable bonds is 5. The van der Waals surface area contributed by atoms with Gasteiger partial charge in [-0.1, -0.05) is 26.1 Å². The zero-order chi connectivity index (χ0) is 13.8. The Morgan fingerprint density at radius 1 is 1.56 bits per heavy atom. The zero-order valence-electron chi connectivity index (χ0n) is 10.9. The Kier molecular flexibility index (Phi) is 5.07. The van der Waals surface area contributed by atoms with Crippen LogP contribution in [-0.4, -0.2) is 29.4 Å². The number of nitrogens with one attached hydrogen (secondary N) is 2. The van der Waals surface area contributed by atoms with Crippen molar-refractivity contribution < 1.29 is 9.59 Å². The van der Waals surface area contributed by atoms with Gasteiger partial charge in [-0.3, -0.25) is 9.59 Å². The van der Waals surface area contributed by atoms with Crippen molar-refractivity contribution in [1.29, 1.82) is 0 Å². The molecule has 1 saturated heterocycles. The molecule has 4 N–H and O–H groups in total. The van der Waals surface area contributed by atoms with Crippen molar-refractivity contribution in [3.63, 3.8) is 0 Å². The summed E-state index contributed by atoms with van der Waals surface area (Å²) in [4.78, 5) is 23.6. The van der Waals surface area contributed by atoms with Crippen molar-refractivity contribution in [1.82, 2.24) is 10.6 Å². The molecule has 0 aromatic rings. The van der Waals surface area contributed by atoms with Gasteiger partial charge in [-0.2, -0.15) is 0 Å². The molecule has 0 radical (unpaired) electrons. The van der Waals surface area contributed by atoms with Crippen LogP contribution in [0.25, 0.3) is 0 Å². The summed E-state index contributed by atoms with van der Waals surface area (Å²) in [5, 5.41) is 5.68. The average Bonchev–Trinajstić information content (AvgIpc) is 2.34. The van der Waals surface area contributed by atoms with E-state index in [0.29, 0.717) is 32.2 Å². The third-order valence-electron chi connectivity index (χ3n) is 3.71. The molecule has 1 heterocycles. The third kappa shape index (κ3) is 2.98. The number of thiocarbonyl (C=S) groups is 1. The summed E-state index contributed by atoms with van der Waals surface area (Å²) >= 11 is 5.04. The predicted molar refractivity (Wildman–Crippen MR) is 74.0 cm³/mol. The highest BCUT2D eigenvalue weighted by molar-refractivity contribution is 7.80. The van der Waals surface area contributed by atoms with Crippen molar-refractivity contribution in [2.45, 2.75) is 45.6 Å². The Bertz CT molecular complexity index is 343. The van der Waals surface area contributed by atoms with Crippen LogP contribution in [0.3, 0.4) is 0 Å². The van der Waals surface area contributed by atoms with Crippen LogP contribution < -0.4 is 16.4 Å². The van der Waals surface area contributed by atoms with Crippen LogP contribution in [0, 0.1) is 5.41 Å². The smallest absolute Gasteiger partial charge is 0.233 e. The fraction of sp³-hybridized carbons (Fsp3) is 0.750. The van der Waals surface area contributed by atoms with Gasteiger partial charge in [-0.15, -0.1) is 0 Å². The topological polar surface area (TPSA) is 84.2 Å². The van der Waals surface area contributed by atoms with E-state index in [0.717, 1.165) is 0 Å². The number of hydrogen-bond acceptors (Lipinski definition) is 3. The molecule has 0 bridgehead atoms. The minimum atomic E-state index is -0.767. The van der Waals surface area contributed by atoms with Crippen LogP contribution in [-0.2, 0) is 9.59 Å². The monoisotopic (exact) mass is 271 g/mol. The summed E-state index contributed by atoms with van der Waals surface area (Å²) < 4.78 is 0. The van der Waals surface area contributed by atoms with Crippen molar-refractivity contribution in [3.8, 4) is 0 Å². The summed E-state index contributed by atoms with van der Waals surface area (Å²) in [6, 6.07) is -0.0259. The molecule has 1 fully saturated rings. The molecule has 0 saturated carbocycles. The van der Waals surface area contributed by atoms with E-state index in [4.69, 9.17) is 18.0 Å². The third-order valence-corrected chi connectivity index (χ3v) is 4.10. The molecule has 0 aromatic carbocycles.